The molecular weight excluding hydrogens is 448 g/mol. The Bertz CT molecular complexity index is 1200. The Kier molecular flexibility index (Phi) is 5.98. The van der Waals surface area contributed by atoms with Gasteiger partial charge in [-0.1, -0.05) is 35.1 Å². The lowest BCUT2D eigenvalue weighted by Crippen LogP contribution is -2.16. The summed E-state index contributed by atoms with van der Waals surface area (Å²) in [6.07, 6.45) is 4.26. The predicted octanol–water partition coefficient (Wildman–Crippen LogP) is 6.14. The summed E-state index contributed by atoms with van der Waals surface area (Å²) in [5.41, 5.74) is 3.19. The fourth-order valence-electron chi connectivity index (χ4n) is 3.76. The smallest absolute Gasteiger partial charge is 0.225 e. The van der Waals surface area contributed by atoms with Crippen LogP contribution >= 0.6 is 34.7 Å². The molecule has 1 aliphatic rings. The monoisotopic (exact) mass is 468 g/mol. The lowest BCUT2D eigenvalue weighted by molar-refractivity contribution is -0.116. The van der Waals surface area contributed by atoms with Crippen LogP contribution in [0, 0.1) is 0 Å². The van der Waals surface area contributed by atoms with Gasteiger partial charge in [0.25, 0.3) is 0 Å². The van der Waals surface area contributed by atoms with Crippen molar-refractivity contribution in [2.24, 2.45) is 0 Å². The molecule has 0 aliphatic heterocycles. The molecule has 1 N–H and O–H groups in total. The summed E-state index contributed by atoms with van der Waals surface area (Å²) in [7, 11) is 0. The number of thioether (sulfide) groups is 1. The highest BCUT2D eigenvalue weighted by Gasteiger charge is 2.25. The number of anilines is 1. The molecule has 0 atom stereocenters. The Balaban J connectivity index is 1.27. The molecule has 2 aromatic heterocycles. The van der Waals surface area contributed by atoms with E-state index in [0.717, 1.165) is 73.8 Å². The van der Waals surface area contributed by atoms with Gasteiger partial charge < -0.3 is 5.32 Å². The molecule has 2 heterocycles. The number of carbonyl (C=O) groups is 1. The van der Waals surface area contributed by atoms with E-state index in [4.69, 9.17) is 21.7 Å². The lowest BCUT2D eigenvalue weighted by Gasteiger charge is -2.09. The third-order valence-electron chi connectivity index (χ3n) is 5.26. The van der Waals surface area contributed by atoms with E-state index in [1.807, 2.05) is 47.1 Å². The van der Waals surface area contributed by atoms with Crippen molar-refractivity contribution < 1.29 is 4.79 Å². The molecule has 0 radical (unpaired) electrons. The van der Waals surface area contributed by atoms with Crippen LogP contribution in [0.1, 0.15) is 30.5 Å². The maximum absolute atomic E-state index is 12.7. The SMILES string of the molecule is O=C(CCCSc1ccc(Cl)cc1)Nc1c2c(nn1-c1nc3ccccc3s1)CCC2. The van der Waals surface area contributed by atoms with Crippen LogP contribution in [-0.4, -0.2) is 26.4 Å². The summed E-state index contributed by atoms with van der Waals surface area (Å²) in [4.78, 5) is 18.6. The first kappa shape index (κ1) is 20.5. The number of para-hydroxylation sites is 1. The molecule has 5 rings (SSSR count). The van der Waals surface area contributed by atoms with Crippen molar-refractivity contribution in [2.45, 2.75) is 37.0 Å². The van der Waals surface area contributed by atoms with Gasteiger partial charge in [0.05, 0.1) is 15.9 Å². The average molecular weight is 469 g/mol. The minimum absolute atomic E-state index is 0.0219. The maximum atomic E-state index is 12.7. The van der Waals surface area contributed by atoms with Crippen LogP contribution in [0.4, 0.5) is 5.82 Å². The van der Waals surface area contributed by atoms with Gasteiger partial charge in [0.2, 0.25) is 11.0 Å². The lowest BCUT2D eigenvalue weighted by atomic mass is 10.2. The Hall–Kier alpha value is -2.35. The van der Waals surface area contributed by atoms with E-state index in [1.54, 1.807) is 23.1 Å². The first-order chi connectivity index (χ1) is 15.2. The zero-order chi connectivity index (χ0) is 21.2. The van der Waals surface area contributed by atoms with E-state index in [2.05, 4.69) is 11.4 Å². The number of nitrogens with one attached hydrogen (secondary N) is 1. The number of hydrogen-bond donors (Lipinski definition) is 1. The standard InChI is InChI=1S/C23H21ClN4OS2/c24-15-10-12-16(13-11-15)30-14-4-9-21(29)26-22-17-5-3-7-18(17)27-28(22)23-25-19-6-1-2-8-20(19)31-23/h1-2,6,8,10-13H,3-5,7,9,14H2,(H,26,29). The van der Waals surface area contributed by atoms with Crippen LogP contribution in [0.3, 0.4) is 0 Å². The molecule has 0 fully saturated rings. The van der Waals surface area contributed by atoms with Gasteiger partial charge in [0, 0.05) is 21.9 Å². The summed E-state index contributed by atoms with van der Waals surface area (Å²) in [5.74, 6) is 1.69. The van der Waals surface area contributed by atoms with E-state index < -0.39 is 0 Å². The third-order valence-corrected chi connectivity index (χ3v) is 7.62. The Morgan fingerprint density at radius 2 is 2.00 bits per heavy atom. The van der Waals surface area contributed by atoms with Gasteiger partial charge in [-0.2, -0.15) is 9.78 Å². The maximum Gasteiger partial charge on any atom is 0.225 e. The van der Waals surface area contributed by atoms with Crippen LogP contribution in [0.2, 0.25) is 5.02 Å². The van der Waals surface area contributed by atoms with Gasteiger partial charge in [-0.3, -0.25) is 4.79 Å². The second kappa shape index (κ2) is 9.02. The molecule has 5 nitrogen and oxygen atoms in total. The molecule has 0 spiro atoms. The number of aromatic nitrogens is 3. The van der Waals surface area contributed by atoms with Crippen molar-refractivity contribution >= 4 is 56.6 Å². The van der Waals surface area contributed by atoms with Crippen molar-refractivity contribution in [3.8, 4) is 5.13 Å². The summed E-state index contributed by atoms with van der Waals surface area (Å²) >= 11 is 9.26. The minimum atomic E-state index is 0.0219. The van der Waals surface area contributed by atoms with Crippen molar-refractivity contribution in [3.63, 3.8) is 0 Å². The highest BCUT2D eigenvalue weighted by Crippen LogP contribution is 2.34. The van der Waals surface area contributed by atoms with E-state index in [-0.39, 0.29) is 5.91 Å². The van der Waals surface area contributed by atoms with Crippen molar-refractivity contribution in [1.29, 1.82) is 0 Å². The number of carbonyl (C=O) groups excluding carboxylic acids is 1. The van der Waals surface area contributed by atoms with Crippen LogP contribution in [-0.2, 0) is 17.6 Å². The molecule has 0 saturated carbocycles. The largest absolute Gasteiger partial charge is 0.310 e. The minimum Gasteiger partial charge on any atom is -0.310 e. The molecule has 0 unspecified atom stereocenters. The zero-order valence-electron chi connectivity index (χ0n) is 16.8. The number of benzene rings is 2. The fourth-order valence-corrected chi connectivity index (χ4v) is 5.66. The summed E-state index contributed by atoms with van der Waals surface area (Å²) in [6, 6.07) is 15.9. The molecule has 4 aromatic rings. The molecule has 1 aliphatic carbocycles. The van der Waals surface area contributed by atoms with E-state index >= 15 is 0 Å². The third kappa shape index (κ3) is 4.49. The number of fused-ring (bicyclic) bond motifs is 2. The van der Waals surface area contributed by atoms with Crippen molar-refractivity contribution in [3.05, 3.63) is 64.8 Å². The van der Waals surface area contributed by atoms with Crippen LogP contribution in [0.15, 0.2) is 53.4 Å². The normalized spacial score (nSPS) is 12.9. The molecule has 8 heteroatoms. The molecule has 0 bridgehead atoms. The number of hydrogen-bond acceptors (Lipinski definition) is 5. The number of aryl methyl sites for hydroxylation is 1. The zero-order valence-corrected chi connectivity index (χ0v) is 19.2. The van der Waals surface area contributed by atoms with E-state index in [0.29, 0.717) is 6.42 Å². The second-order valence-electron chi connectivity index (χ2n) is 7.46. The average Bonchev–Trinajstić information content (AvgIpc) is 3.47. The Morgan fingerprint density at radius 3 is 2.84 bits per heavy atom. The first-order valence-electron chi connectivity index (χ1n) is 10.3. The molecule has 0 saturated heterocycles. The van der Waals surface area contributed by atoms with Gasteiger partial charge in [-0.25, -0.2) is 4.98 Å². The highest BCUT2D eigenvalue weighted by atomic mass is 35.5. The Morgan fingerprint density at radius 1 is 1.16 bits per heavy atom. The van der Waals surface area contributed by atoms with Gasteiger partial charge >= 0.3 is 0 Å². The molecular formula is C23H21ClN4OS2. The van der Waals surface area contributed by atoms with Crippen molar-refractivity contribution in [2.75, 3.05) is 11.1 Å². The molecule has 31 heavy (non-hydrogen) atoms. The number of halogens is 1. The number of amides is 1. The van der Waals surface area contributed by atoms with Gasteiger partial charge in [0.1, 0.15) is 5.82 Å². The van der Waals surface area contributed by atoms with E-state index in [1.165, 1.54) is 0 Å². The second-order valence-corrected chi connectivity index (χ2v) is 10.1. The van der Waals surface area contributed by atoms with E-state index in [9.17, 15) is 4.79 Å². The number of rotatable bonds is 7. The highest BCUT2D eigenvalue weighted by molar-refractivity contribution is 7.99. The van der Waals surface area contributed by atoms with Crippen molar-refractivity contribution in [1.82, 2.24) is 14.8 Å². The van der Waals surface area contributed by atoms with Gasteiger partial charge in [-0.05, 0) is 67.8 Å². The summed E-state index contributed by atoms with van der Waals surface area (Å²) in [6.45, 7) is 0. The number of thiazole rings is 1. The Labute approximate surface area is 193 Å². The molecule has 1 amide bonds. The van der Waals surface area contributed by atoms with Crippen LogP contribution < -0.4 is 5.32 Å². The fraction of sp³-hybridized carbons (Fsp3) is 0.261. The summed E-state index contributed by atoms with van der Waals surface area (Å²) in [5, 5.41) is 9.46. The van der Waals surface area contributed by atoms with Crippen LogP contribution in [0.25, 0.3) is 15.3 Å². The molecule has 158 valence electrons. The molecule has 2 aromatic carbocycles. The quantitative estimate of drug-likeness (QED) is 0.261. The first-order valence-corrected chi connectivity index (χ1v) is 12.5. The van der Waals surface area contributed by atoms with Gasteiger partial charge in [-0.15, -0.1) is 11.8 Å². The predicted molar refractivity (Wildman–Crippen MR) is 129 cm³/mol. The topological polar surface area (TPSA) is 59.8 Å². The summed E-state index contributed by atoms with van der Waals surface area (Å²) < 4.78 is 2.94. The van der Waals surface area contributed by atoms with Crippen LogP contribution in [0.5, 0.6) is 0 Å². The number of nitrogens with zero attached hydrogens (tertiary/aromatic N) is 3. The van der Waals surface area contributed by atoms with Gasteiger partial charge in [0.15, 0.2) is 0 Å².